The molecule has 0 radical (unpaired) electrons. The second-order valence-corrected chi connectivity index (χ2v) is 6.99. The van der Waals surface area contributed by atoms with Crippen LogP contribution in [0.25, 0.3) is 6.08 Å². The Balaban J connectivity index is 1.81. The number of ether oxygens (including phenoxy) is 2. The van der Waals surface area contributed by atoms with Gasteiger partial charge in [-0.15, -0.1) is 0 Å². The number of nitrogens with two attached hydrogens (primary N) is 1. The number of carbonyl (C=O) groups is 4. The van der Waals surface area contributed by atoms with Crippen molar-refractivity contribution in [3.8, 4) is 5.75 Å². The Kier molecular flexibility index (Phi) is 6.21. The predicted octanol–water partition coefficient (Wildman–Crippen LogP) is 1.79. The maximum atomic E-state index is 12.7. The van der Waals surface area contributed by atoms with Crippen LogP contribution in [0.2, 0.25) is 0 Å². The van der Waals surface area contributed by atoms with Crippen LogP contribution < -0.4 is 15.8 Å². The SMILES string of the molecule is COC(=O)c1ccc(CN2C(=O)NC(=Cc3cc(Br)ccc3OCC(N)=O)C2=O)o1. The number of furan rings is 1. The molecule has 11 heteroatoms. The Morgan fingerprint density at radius 3 is 2.73 bits per heavy atom. The summed E-state index contributed by atoms with van der Waals surface area (Å²) in [4.78, 5) is 48.4. The lowest BCUT2D eigenvalue weighted by molar-refractivity contribution is -0.123. The third kappa shape index (κ3) is 4.69. The van der Waals surface area contributed by atoms with E-state index in [1.807, 2.05) is 0 Å². The zero-order valence-electron chi connectivity index (χ0n) is 15.6. The van der Waals surface area contributed by atoms with Gasteiger partial charge in [-0.2, -0.15) is 0 Å². The quantitative estimate of drug-likeness (QED) is 0.351. The van der Waals surface area contributed by atoms with Crippen LogP contribution in [-0.2, 0) is 20.9 Å². The van der Waals surface area contributed by atoms with Gasteiger partial charge in [0, 0.05) is 10.0 Å². The lowest BCUT2D eigenvalue weighted by Crippen LogP contribution is -2.30. The summed E-state index contributed by atoms with van der Waals surface area (Å²) in [6.45, 7) is -0.520. The molecule has 4 amide bonds. The van der Waals surface area contributed by atoms with Gasteiger partial charge < -0.3 is 24.9 Å². The molecular formula is C19H16BrN3O7. The van der Waals surface area contributed by atoms with E-state index in [-0.39, 0.29) is 30.4 Å². The highest BCUT2D eigenvalue weighted by atomic mass is 79.9. The van der Waals surface area contributed by atoms with Crippen molar-refractivity contribution in [1.82, 2.24) is 10.2 Å². The molecular weight excluding hydrogens is 462 g/mol. The van der Waals surface area contributed by atoms with Gasteiger partial charge in [-0.25, -0.2) is 9.59 Å². The van der Waals surface area contributed by atoms with E-state index in [0.717, 1.165) is 4.90 Å². The topological polar surface area (TPSA) is 141 Å². The number of carbonyl (C=O) groups excluding carboxylic acids is 4. The van der Waals surface area contributed by atoms with Crippen molar-refractivity contribution in [2.45, 2.75) is 6.54 Å². The summed E-state index contributed by atoms with van der Waals surface area (Å²) in [5.41, 5.74) is 5.55. The van der Waals surface area contributed by atoms with E-state index in [1.165, 1.54) is 25.3 Å². The van der Waals surface area contributed by atoms with Crippen LogP contribution in [-0.4, -0.2) is 42.4 Å². The highest BCUT2D eigenvalue weighted by molar-refractivity contribution is 9.10. The first-order chi connectivity index (χ1) is 14.3. The summed E-state index contributed by atoms with van der Waals surface area (Å²) < 4.78 is 15.9. The maximum absolute atomic E-state index is 12.7. The van der Waals surface area contributed by atoms with E-state index in [1.54, 1.807) is 18.2 Å². The molecule has 2 aromatic rings. The Labute approximate surface area is 178 Å². The Morgan fingerprint density at radius 2 is 2.03 bits per heavy atom. The summed E-state index contributed by atoms with van der Waals surface area (Å²) in [6.07, 6.45) is 1.42. The first-order valence-corrected chi connectivity index (χ1v) is 9.30. The third-order valence-electron chi connectivity index (χ3n) is 3.97. The summed E-state index contributed by atoms with van der Waals surface area (Å²) in [7, 11) is 1.21. The summed E-state index contributed by atoms with van der Waals surface area (Å²) in [5, 5.41) is 2.48. The highest BCUT2D eigenvalue weighted by Crippen LogP contribution is 2.27. The van der Waals surface area contributed by atoms with Gasteiger partial charge in [-0.1, -0.05) is 15.9 Å². The van der Waals surface area contributed by atoms with Crippen LogP contribution in [0, 0.1) is 0 Å². The summed E-state index contributed by atoms with van der Waals surface area (Å²) in [6, 6.07) is 7.14. The number of benzene rings is 1. The number of urea groups is 1. The second-order valence-electron chi connectivity index (χ2n) is 6.07. The standard InChI is InChI=1S/C19H16BrN3O7/c1-28-18(26)15-5-3-12(30-15)8-23-17(25)13(22-19(23)27)7-10-6-11(20)2-4-14(10)29-9-16(21)24/h2-7H,8-9H2,1H3,(H2,21,24)(H,22,27). The maximum Gasteiger partial charge on any atom is 0.373 e. The molecule has 156 valence electrons. The van der Waals surface area contributed by atoms with Crippen LogP contribution in [0.5, 0.6) is 5.75 Å². The number of hydrogen-bond acceptors (Lipinski definition) is 7. The lowest BCUT2D eigenvalue weighted by atomic mass is 10.1. The molecule has 0 saturated carbocycles. The molecule has 10 nitrogen and oxygen atoms in total. The van der Waals surface area contributed by atoms with Crippen LogP contribution in [0.15, 0.2) is 44.9 Å². The largest absolute Gasteiger partial charge is 0.483 e. The molecule has 2 heterocycles. The molecule has 1 saturated heterocycles. The minimum atomic E-state index is -0.669. The number of nitrogens with zero attached hydrogens (tertiary/aromatic N) is 1. The van der Waals surface area contributed by atoms with E-state index in [2.05, 4.69) is 26.0 Å². The van der Waals surface area contributed by atoms with Crippen LogP contribution in [0.1, 0.15) is 21.9 Å². The Bertz CT molecular complexity index is 1060. The summed E-state index contributed by atoms with van der Waals surface area (Å²) >= 11 is 3.32. The van der Waals surface area contributed by atoms with Crippen LogP contribution in [0.3, 0.4) is 0 Å². The molecule has 1 fully saturated rings. The van der Waals surface area contributed by atoms with Crippen molar-refractivity contribution >= 4 is 45.8 Å². The first-order valence-electron chi connectivity index (χ1n) is 8.50. The number of methoxy groups -OCH3 is 1. The number of imide groups is 1. The monoisotopic (exact) mass is 477 g/mol. The van der Waals surface area contributed by atoms with Gasteiger partial charge in [0.25, 0.3) is 11.8 Å². The van der Waals surface area contributed by atoms with Gasteiger partial charge >= 0.3 is 12.0 Å². The van der Waals surface area contributed by atoms with Gasteiger partial charge in [-0.3, -0.25) is 14.5 Å². The van der Waals surface area contributed by atoms with Crippen molar-refractivity contribution in [2.24, 2.45) is 5.73 Å². The number of amides is 4. The van der Waals surface area contributed by atoms with Crippen molar-refractivity contribution in [1.29, 1.82) is 0 Å². The van der Waals surface area contributed by atoms with E-state index in [4.69, 9.17) is 14.9 Å². The fourth-order valence-corrected chi connectivity index (χ4v) is 2.99. The van der Waals surface area contributed by atoms with Crippen molar-refractivity contribution in [3.63, 3.8) is 0 Å². The normalized spacial score (nSPS) is 14.7. The van der Waals surface area contributed by atoms with Gasteiger partial charge in [0.1, 0.15) is 17.2 Å². The van der Waals surface area contributed by atoms with E-state index in [0.29, 0.717) is 15.8 Å². The number of nitrogens with one attached hydrogen (secondary N) is 1. The van der Waals surface area contributed by atoms with E-state index >= 15 is 0 Å². The zero-order chi connectivity index (χ0) is 21.8. The van der Waals surface area contributed by atoms with Crippen molar-refractivity contribution in [2.75, 3.05) is 13.7 Å². The summed E-state index contributed by atoms with van der Waals surface area (Å²) in [5.74, 6) is -1.43. The Morgan fingerprint density at radius 1 is 1.27 bits per heavy atom. The molecule has 0 aliphatic carbocycles. The zero-order valence-corrected chi connectivity index (χ0v) is 17.2. The van der Waals surface area contributed by atoms with Crippen LogP contribution in [0.4, 0.5) is 4.79 Å². The number of esters is 1. The molecule has 1 aromatic carbocycles. The number of primary amides is 1. The number of rotatable bonds is 7. The fraction of sp³-hybridized carbons (Fsp3) is 0.158. The molecule has 3 rings (SSSR count). The van der Waals surface area contributed by atoms with Crippen molar-refractivity contribution in [3.05, 3.63) is 57.6 Å². The molecule has 30 heavy (non-hydrogen) atoms. The van der Waals surface area contributed by atoms with Crippen LogP contribution >= 0.6 is 15.9 Å². The molecule has 0 atom stereocenters. The van der Waals surface area contributed by atoms with E-state index < -0.39 is 23.8 Å². The van der Waals surface area contributed by atoms with Crippen molar-refractivity contribution < 1.29 is 33.1 Å². The number of hydrogen-bond donors (Lipinski definition) is 2. The highest BCUT2D eigenvalue weighted by Gasteiger charge is 2.34. The van der Waals surface area contributed by atoms with Gasteiger partial charge in [0.2, 0.25) is 5.76 Å². The number of halogens is 1. The van der Waals surface area contributed by atoms with Gasteiger partial charge in [0.05, 0.1) is 13.7 Å². The molecule has 0 spiro atoms. The minimum absolute atomic E-state index is 0.00164. The lowest BCUT2D eigenvalue weighted by Gasteiger charge is -2.10. The van der Waals surface area contributed by atoms with Gasteiger partial charge in [0.15, 0.2) is 6.61 Å². The molecule has 0 unspecified atom stereocenters. The predicted molar refractivity (Wildman–Crippen MR) is 106 cm³/mol. The Hall–Kier alpha value is -3.60. The molecule has 1 aliphatic rings. The van der Waals surface area contributed by atoms with E-state index in [9.17, 15) is 19.2 Å². The molecule has 1 aromatic heterocycles. The average Bonchev–Trinajstić information content (AvgIpc) is 3.27. The smallest absolute Gasteiger partial charge is 0.373 e. The minimum Gasteiger partial charge on any atom is -0.483 e. The average molecular weight is 478 g/mol. The molecule has 0 bridgehead atoms. The van der Waals surface area contributed by atoms with Gasteiger partial charge in [-0.05, 0) is 36.4 Å². The third-order valence-corrected chi connectivity index (χ3v) is 4.46. The second kappa shape index (κ2) is 8.82. The fourth-order valence-electron chi connectivity index (χ4n) is 2.61. The first kappa shape index (κ1) is 21.1. The molecule has 1 aliphatic heterocycles. The molecule has 3 N–H and O–H groups in total.